The number of carbonyl (C=O) groups is 2. The summed E-state index contributed by atoms with van der Waals surface area (Å²) >= 11 is 0. The molecule has 2 atom stereocenters. The van der Waals surface area contributed by atoms with Crippen molar-refractivity contribution >= 4 is 11.8 Å². The van der Waals surface area contributed by atoms with E-state index in [2.05, 4.69) is 0 Å². The fourth-order valence-corrected chi connectivity index (χ4v) is 2.41. The highest BCUT2D eigenvalue weighted by Gasteiger charge is 2.82. The van der Waals surface area contributed by atoms with Crippen LogP contribution in [0.1, 0.15) is 22.8 Å². The van der Waals surface area contributed by atoms with Gasteiger partial charge in [0.2, 0.25) is 5.60 Å². The number of rotatable bonds is 1. The maximum atomic E-state index is 11.9. The Hall–Kier alpha value is -1.68. The average molecular weight is 204 g/mol. The smallest absolute Gasteiger partial charge is 0.344 e. The van der Waals surface area contributed by atoms with E-state index < -0.39 is 17.2 Å². The lowest BCUT2D eigenvalue weighted by atomic mass is 9.94. The van der Waals surface area contributed by atoms with Gasteiger partial charge >= 0.3 is 5.97 Å². The Morgan fingerprint density at radius 1 is 1.40 bits per heavy atom. The first-order valence-electron chi connectivity index (χ1n) is 4.62. The van der Waals surface area contributed by atoms with Gasteiger partial charge in [-0.05, 0) is 6.92 Å². The first kappa shape index (κ1) is 8.61. The third-order valence-electron chi connectivity index (χ3n) is 3.27. The van der Waals surface area contributed by atoms with Crippen LogP contribution in [0.5, 0.6) is 0 Å². The molecule has 1 aromatic carbocycles. The van der Waals surface area contributed by atoms with Crippen LogP contribution < -0.4 is 0 Å². The van der Waals surface area contributed by atoms with Crippen LogP contribution in [0.3, 0.4) is 0 Å². The van der Waals surface area contributed by atoms with Crippen molar-refractivity contribution in [1.82, 2.24) is 0 Å². The molecule has 0 spiro atoms. The molecular weight excluding hydrogens is 196 g/mol. The van der Waals surface area contributed by atoms with Gasteiger partial charge in [-0.1, -0.05) is 24.3 Å². The molecule has 1 aliphatic carbocycles. The minimum Gasteiger partial charge on any atom is -0.479 e. The van der Waals surface area contributed by atoms with E-state index >= 15 is 0 Å². The summed E-state index contributed by atoms with van der Waals surface area (Å²) in [5.41, 5.74) is -1.68. The highest BCUT2D eigenvalue weighted by atomic mass is 16.7. The van der Waals surface area contributed by atoms with E-state index in [-0.39, 0.29) is 5.78 Å². The summed E-state index contributed by atoms with van der Waals surface area (Å²) in [6.45, 7) is 1.53. The Bertz CT molecular complexity index is 507. The molecule has 1 aromatic rings. The number of carboxylic acids is 1. The second-order valence-electron chi connectivity index (χ2n) is 4.00. The predicted molar refractivity (Wildman–Crippen MR) is 49.6 cm³/mol. The number of fused-ring (bicyclic) bond motifs is 3. The number of ether oxygens (including phenoxy) is 1. The molecular formula is C11H8O4. The molecule has 1 aliphatic heterocycles. The van der Waals surface area contributed by atoms with Crippen LogP contribution in [0.15, 0.2) is 24.3 Å². The summed E-state index contributed by atoms with van der Waals surface area (Å²) in [7, 11) is 0. The molecule has 4 nitrogen and oxygen atoms in total. The van der Waals surface area contributed by atoms with Gasteiger partial charge in [0, 0.05) is 11.1 Å². The number of benzene rings is 1. The van der Waals surface area contributed by atoms with Crippen LogP contribution in [0, 0.1) is 0 Å². The van der Waals surface area contributed by atoms with E-state index in [1.807, 2.05) is 0 Å². The Labute approximate surface area is 85.5 Å². The summed E-state index contributed by atoms with van der Waals surface area (Å²) < 4.78 is 5.18. The van der Waals surface area contributed by atoms with E-state index in [1.54, 1.807) is 24.3 Å². The van der Waals surface area contributed by atoms with Crippen molar-refractivity contribution in [2.24, 2.45) is 0 Å². The molecule has 0 saturated carbocycles. The molecule has 3 rings (SSSR count). The zero-order chi connectivity index (χ0) is 10.8. The molecule has 2 aliphatic rings. The third-order valence-corrected chi connectivity index (χ3v) is 3.27. The SMILES string of the molecule is CC12OC1(C(=O)O)c1ccccc1C2=O. The van der Waals surface area contributed by atoms with Gasteiger partial charge in [0.25, 0.3) is 0 Å². The van der Waals surface area contributed by atoms with Crippen molar-refractivity contribution in [1.29, 1.82) is 0 Å². The molecule has 1 saturated heterocycles. The van der Waals surface area contributed by atoms with E-state index in [0.717, 1.165) is 0 Å². The zero-order valence-corrected chi connectivity index (χ0v) is 7.98. The van der Waals surface area contributed by atoms with E-state index in [4.69, 9.17) is 9.84 Å². The van der Waals surface area contributed by atoms with Crippen LogP contribution in [-0.2, 0) is 15.1 Å². The van der Waals surface area contributed by atoms with E-state index in [1.165, 1.54) is 6.92 Å². The molecule has 0 aromatic heterocycles. The summed E-state index contributed by atoms with van der Waals surface area (Å²) in [6.07, 6.45) is 0. The number of carbonyl (C=O) groups excluding carboxylic acids is 1. The number of Topliss-reactive ketones (excluding diaryl/α,β-unsaturated/α-hetero) is 1. The van der Waals surface area contributed by atoms with Crippen LogP contribution in [0.2, 0.25) is 0 Å². The Balaban J connectivity index is 2.32. The number of aliphatic carboxylic acids is 1. The van der Waals surface area contributed by atoms with Crippen molar-refractivity contribution in [3.05, 3.63) is 35.4 Å². The van der Waals surface area contributed by atoms with Crippen molar-refractivity contribution in [2.45, 2.75) is 18.1 Å². The third kappa shape index (κ3) is 0.668. The Morgan fingerprint density at radius 3 is 2.73 bits per heavy atom. The maximum Gasteiger partial charge on any atom is 0.344 e. The first-order valence-corrected chi connectivity index (χ1v) is 4.62. The number of ketones is 1. The highest BCUT2D eigenvalue weighted by Crippen LogP contribution is 2.62. The van der Waals surface area contributed by atoms with Crippen LogP contribution >= 0.6 is 0 Å². The largest absolute Gasteiger partial charge is 0.479 e. The molecule has 4 heteroatoms. The van der Waals surface area contributed by atoms with Gasteiger partial charge in [-0.3, -0.25) is 4.79 Å². The normalized spacial score (nSPS) is 35.9. The van der Waals surface area contributed by atoms with Gasteiger partial charge in [0.1, 0.15) is 0 Å². The van der Waals surface area contributed by atoms with Crippen molar-refractivity contribution < 1.29 is 19.4 Å². The molecule has 1 heterocycles. The number of epoxide rings is 1. The number of hydrogen-bond donors (Lipinski definition) is 1. The quantitative estimate of drug-likeness (QED) is 0.691. The summed E-state index contributed by atoms with van der Waals surface area (Å²) in [5.74, 6) is -1.33. The molecule has 15 heavy (non-hydrogen) atoms. The van der Waals surface area contributed by atoms with Crippen LogP contribution in [-0.4, -0.2) is 22.5 Å². The maximum absolute atomic E-state index is 11.9. The second kappa shape index (κ2) is 2.12. The molecule has 1 N–H and O–H groups in total. The molecule has 0 amide bonds. The number of carboxylic acid groups (broad SMARTS) is 1. The Kier molecular flexibility index (Phi) is 1.21. The van der Waals surface area contributed by atoms with Crippen molar-refractivity contribution in [2.75, 3.05) is 0 Å². The lowest BCUT2D eigenvalue weighted by Crippen LogP contribution is -2.28. The second-order valence-corrected chi connectivity index (χ2v) is 4.00. The van der Waals surface area contributed by atoms with Crippen LogP contribution in [0.4, 0.5) is 0 Å². The summed E-state index contributed by atoms with van der Waals surface area (Å²) in [5, 5.41) is 9.17. The van der Waals surface area contributed by atoms with Crippen molar-refractivity contribution in [3.8, 4) is 0 Å². The highest BCUT2D eigenvalue weighted by molar-refractivity contribution is 6.16. The summed E-state index contributed by atoms with van der Waals surface area (Å²) in [6, 6.07) is 6.72. The van der Waals surface area contributed by atoms with Gasteiger partial charge in [-0.2, -0.15) is 0 Å². The molecule has 0 bridgehead atoms. The fraction of sp³-hybridized carbons (Fsp3) is 0.273. The van der Waals surface area contributed by atoms with Crippen LogP contribution in [0.25, 0.3) is 0 Å². The predicted octanol–water partition coefficient (Wildman–Crippen LogP) is 0.952. The first-order chi connectivity index (χ1) is 7.04. The molecule has 76 valence electrons. The van der Waals surface area contributed by atoms with Gasteiger partial charge in [-0.15, -0.1) is 0 Å². The standard InChI is InChI=1S/C11H8O4/c1-10-8(12)6-4-2-3-5-7(6)11(10,15-10)9(13)14/h2-5H,1H3,(H,13,14). The lowest BCUT2D eigenvalue weighted by Gasteiger charge is -2.05. The lowest BCUT2D eigenvalue weighted by molar-refractivity contribution is -0.143. The van der Waals surface area contributed by atoms with Gasteiger partial charge in [0.05, 0.1) is 0 Å². The monoisotopic (exact) mass is 204 g/mol. The molecule has 2 unspecified atom stereocenters. The minimum absolute atomic E-state index is 0.236. The number of hydrogen-bond acceptors (Lipinski definition) is 3. The molecule has 1 fully saturated rings. The van der Waals surface area contributed by atoms with Gasteiger partial charge in [0.15, 0.2) is 11.4 Å². The summed E-state index contributed by atoms with van der Waals surface area (Å²) in [4.78, 5) is 23.1. The van der Waals surface area contributed by atoms with E-state index in [9.17, 15) is 9.59 Å². The van der Waals surface area contributed by atoms with Gasteiger partial charge < -0.3 is 9.84 Å². The Morgan fingerprint density at radius 2 is 2.07 bits per heavy atom. The fourth-order valence-electron chi connectivity index (χ4n) is 2.41. The van der Waals surface area contributed by atoms with Gasteiger partial charge in [-0.25, -0.2) is 4.79 Å². The average Bonchev–Trinajstić information content (AvgIpc) is 2.82. The minimum atomic E-state index is -1.43. The van der Waals surface area contributed by atoms with Crippen molar-refractivity contribution in [3.63, 3.8) is 0 Å². The van der Waals surface area contributed by atoms with E-state index in [0.29, 0.717) is 11.1 Å². The zero-order valence-electron chi connectivity index (χ0n) is 7.98. The molecule has 0 radical (unpaired) electrons. The topological polar surface area (TPSA) is 66.9 Å².